The van der Waals surface area contributed by atoms with Crippen LogP contribution < -0.4 is 5.32 Å². The Morgan fingerprint density at radius 1 is 1.56 bits per heavy atom. The van der Waals surface area contributed by atoms with Crippen molar-refractivity contribution in [2.45, 2.75) is 31.8 Å². The number of anilines is 1. The topological polar surface area (TPSA) is 41.1 Å². The van der Waals surface area contributed by atoms with E-state index < -0.39 is 0 Å². The number of likely N-dealkylation sites (tertiary alicyclic amines) is 1. The van der Waals surface area contributed by atoms with Crippen molar-refractivity contribution < 1.29 is 0 Å². The standard InChI is InChI=1S/C11H17ClN4/c1-8-5-9(3-4-16(8)2)14-10-6-11(12)15-13-7-10/h6-9H,3-5H2,1-2H3,(H,14,15). The summed E-state index contributed by atoms with van der Waals surface area (Å²) >= 11 is 5.79. The number of aromatic nitrogens is 2. The first-order valence-electron chi connectivity index (χ1n) is 5.60. The normalized spacial score (nSPS) is 26.7. The molecule has 0 spiro atoms. The maximum Gasteiger partial charge on any atom is 0.153 e. The van der Waals surface area contributed by atoms with Crippen LogP contribution in [0.3, 0.4) is 0 Å². The van der Waals surface area contributed by atoms with Gasteiger partial charge in [-0.3, -0.25) is 0 Å². The van der Waals surface area contributed by atoms with Gasteiger partial charge in [0.15, 0.2) is 5.15 Å². The number of rotatable bonds is 2. The van der Waals surface area contributed by atoms with Gasteiger partial charge in [-0.1, -0.05) is 11.6 Å². The zero-order valence-electron chi connectivity index (χ0n) is 9.65. The van der Waals surface area contributed by atoms with Crippen LogP contribution in [0.4, 0.5) is 5.69 Å². The van der Waals surface area contributed by atoms with Crippen molar-refractivity contribution in [2.75, 3.05) is 18.9 Å². The summed E-state index contributed by atoms with van der Waals surface area (Å²) in [6.07, 6.45) is 4.02. The van der Waals surface area contributed by atoms with Crippen LogP contribution in [-0.4, -0.2) is 40.8 Å². The number of nitrogens with zero attached hydrogens (tertiary/aromatic N) is 3. The van der Waals surface area contributed by atoms with Gasteiger partial charge in [-0.2, -0.15) is 5.10 Å². The SMILES string of the molecule is CC1CC(Nc2cnnc(Cl)c2)CCN1C. The van der Waals surface area contributed by atoms with Crippen molar-refractivity contribution in [3.8, 4) is 0 Å². The summed E-state index contributed by atoms with van der Waals surface area (Å²) in [7, 11) is 2.17. The second-order valence-electron chi connectivity index (χ2n) is 4.46. The third kappa shape index (κ3) is 2.83. The van der Waals surface area contributed by atoms with E-state index in [0.717, 1.165) is 25.1 Å². The molecule has 2 rings (SSSR count). The first-order valence-corrected chi connectivity index (χ1v) is 5.98. The molecule has 1 aliphatic rings. The molecule has 1 N–H and O–H groups in total. The average Bonchev–Trinajstić information content (AvgIpc) is 2.24. The molecule has 1 aromatic heterocycles. The minimum Gasteiger partial charge on any atom is -0.381 e. The van der Waals surface area contributed by atoms with E-state index in [1.54, 1.807) is 6.20 Å². The Bertz CT molecular complexity index is 358. The van der Waals surface area contributed by atoms with E-state index in [1.807, 2.05) is 6.07 Å². The quantitative estimate of drug-likeness (QED) is 0.859. The maximum atomic E-state index is 5.79. The fraction of sp³-hybridized carbons (Fsp3) is 0.636. The molecule has 88 valence electrons. The van der Waals surface area contributed by atoms with E-state index >= 15 is 0 Å². The molecule has 2 atom stereocenters. The van der Waals surface area contributed by atoms with Gasteiger partial charge in [0.1, 0.15) is 0 Å². The monoisotopic (exact) mass is 240 g/mol. The van der Waals surface area contributed by atoms with Gasteiger partial charge in [0.05, 0.1) is 11.9 Å². The summed E-state index contributed by atoms with van der Waals surface area (Å²) in [6.45, 7) is 3.39. The Kier molecular flexibility index (Phi) is 3.61. The van der Waals surface area contributed by atoms with Crippen LogP contribution in [0.25, 0.3) is 0 Å². The molecular formula is C11H17ClN4. The minimum atomic E-state index is 0.436. The molecule has 2 unspecified atom stereocenters. The molecule has 0 amide bonds. The molecule has 0 saturated carbocycles. The Morgan fingerprint density at radius 2 is 2.38 bits per heavy atom. The molecule has 1 saturated heterocycles. The van der Waals surface area contributed by atoms with Gasteiger partial charge < -0.3 is 10.2 Å². The van der Waals surface area contributed by atoms with E-state index in [1.165, 1.54) is 0 Å². The van der Waals surface area contributed by atoms with E-state index in [2.05, 4.69) is 34.4 Å². The lowest BCUT2D eigenvalue weighted by molar-refractivity contribution is 0.190. The van der Waals surface area contributed by atoms with Crippen LogP contribution in [0, 0.1) is 0 Å². The highest BCUT2D eigenvalue weighted by molar-refractivity contribution is 6.29. The van der Waals surface area contributed by atoms with E-state index in [4.69, 9.17) is 11.6 Å². The predicted octanol–water partition coefficient (Wildman–Crippen LogP) is 2.02. The predicted molar refractivity (Wildman–Crippen MR) is 65.8 cm³/mol. The summed E-state index contributed by atoms with van der Waals surface area (Å²) in [5, 5.41) is 11.5. The summed E-state index contributed by atoms with van der Waals surface area (Å²) in [5.41, 5.74) is 0.960. The smallest absolute Gasteiger partial charge is 0.153 e. The molecule has 0 aromatic carbocycles. The Labute approximate surface area is 101 Å². The molecule has 5 heteroatoms. The summed E-state index contributed by atoms with van der Waals surface area (Å²) in [4.78, 5) is 2.38. The molecule has 2 heterocycles. The number of nitrogens with one attached hydrogen (secondary N) is 1. The van der Waals surface area contributed by atoms with Gasteiger partial charge in [-0.15, -0.1) is 5.10 Å². The zero-order chi connectivity index (χ0) is 11.5. The van der Waals surface area contributed by atoms with Gasteiger partial charge in [0.25, 0.3) is 0 Å². The number of hydrogen-bond acceptors (Lipinski definition) is 4. The molecule has 1 aliphatic heterocycles. The summed E-state index contributed by atoms with van der Waals surface area (Å²) in [6, 6.07) is 2.94. The van der Waals surface area contributed by atoms with E-state index in [9.17, 15) is 0 Å². The van der Waals surface area contributed by atoms with Gasteiger partial charge in [-0.05, 0) is 26.8 Å². The molecule has 1 fully saturated rings. The third-order valence-electron chi connectivity index (χ3n) is 3.20. The molecule has 16 heavy (non-hydrogen) atoms. The number of piperidine rings is 1. The lowest BCUT2D eigenvalue weighted by atomic mass is 9.99. The highest BCUT2D eigenvalue weighted by Gasteiger charge is 2.22. The summed E-state index contributed by atoms with van der Waals surface area (Å²) < 4.78 is 0. The van der Waals surface area contributed by atoms with Crippen molar-refractivity contribution >= 4 is 17.3 Å². The van der Waals surface area contributed by atoms with Gasteiger partial charge in [0, 0.05) is 24.7 Å². The average molecular weight is 241 g/mol. The molecule has 0 radical (unpaired) electrons. The van der Waals surface area contributed by atoms with Crippen LogP contribution in [0.5, 0.6) is 0 Å². The van der Waals surface area contributed by atoms with Crippen LogP contribution >= 0.6 is 11.6 Å². The second-order valence-corrected chi connectivity index (χ2v) is 4.85. The Balaban J connectivity index is 1.95. The highest BCUT2D eigenvalue weighted by Crippen LogP contribution is 2.20. The van der Waals surface area contributed by atoms with Gasteiger partial charge in [-0.25, -0.2) is 0 Å². The van der Waals surface area contributed by atoms with Crippen LogP contribution in [0.15, 0.2) is 12.3 Å². The molecule has 1 aromatic rings. The van der Waals surface area contributed by atoms with E-state index in [0.29, 0.717) is 17.2 Å². The summed E-state index contributed by atoms with van der Waals surface area (Å²) in [5.74, 6) is 0. The Morgan fingerprint density at radius 3 is 3.06 bits per heavy atom. The van der Waals surface area contributed by atoms with E-state index in [-0.39, 0.29) is 0 Å². The zero-order valence-corrected chi connectivity index (χ0v) is 10.4. The molecule has 4 nitrogen and oxygen atoms in total. The first kappa shape index (κ1) is 11.6. The second kappa shape index (κ2) is 4.97. The van der Waals surface area contributed by atoms with Crippen molar-refractivity contribution in [1.29, 1.82) is 0 Å². The van der Waals surface area contributed by atoms with Gasteiger partial charge in [0.2, 0.25) is 0 Å². The molecule has 0 bridgehead atoms. The largest absolute Gasteiger partial charge is 0.381 e. The lowest BCUT2D eigenvalue weighted by Gasteiger charge is -2.35. The first-order chi connectivity index (χ1) is 7.65. The number of halogens is 1. The molecule has 0 aliphatic carbocycles. The van der Waals surface area contributed by atoms with Crippen LogP contribution in [0.1, 0.15) is 19.8 Å². The van der Waals surface area contributed by atoms with Gasteiger partial charge >= 0.3 is 0 Å². The third-order valence-corrected chi connectivity index (χ3v) is 3.39. The van der Waals surface area contributed by atoms with Crippen LogP contribution in [-0.2, 0) is 0 Å². The highest BCUT2D eigenvalue weighted by atomic mass is 35.5. The van der Waals surface area contributed by atoms with Crippen LogP contribution in [0.2, 0.25) is 5.15 Å². The number of hydrogen-bond donors (Lipinski definition) is 1. The maximum absolute atomic E-state index is 5.79. The van der Waals surface area contributed by atoms with Crippen molar-refractivity contribution in [2.24, 2.45) is 0 Å². The fourth-order valence-corrected chi connectivity index (χ4v) is 2.24. The van der Waals surface area contributed by atoms with Crippen molar-refractivity contribution in [1.82, 2.24) is 15.1 Å². The fourth-order valence-electron chi connectivity index (χ4n) is 2.08. The lowest BCUT2D eigenvalue weighted by Crippen LogP contribution is -2.42. The van der Waals surface area contributed by atoms with Crippen molar-refractivity contribution in [3.05, 3.63) is 17.4 Å². The van der Waals surface area contributed by atoms with Crippen molar-refractivity contribution in [3.63, 3.8) is 0 Å². The Hall–Kier alpha value is -0.870. The minimum absolute atomic E-state index is 0.436. The molecular weight excluding hydrogens is 224 g/mol.